The first kappa shape index (κ1) is 17.8. The van der Waals surface area contributed by atoms with Gasteiger partial charge in [0.05, 0.1) is 11.4 Å². The van der Waals surface area contributed by atoms with E-state index in [9.17, 15) is 14.4 Å². The summed E-state index contributed by atoms with van der Waals surface area (Å²) in [5.41, 5.74) is 1.43. The average Bonchev–Trinajstić information content (AvgIpc) is 2.71. The van der Waals surface area contributed by atoms with Crippen LogP contribution in [0.2, 0.25) is 0 Å². The van der Waals surface area contributed by atoms with Gasteiger partial charge in [-0.1, -0.05) is 6.07 Å². The molecule has 2 aromatic rings. The number of benzene rings is 2. The number of anilines is 2. The van der Waals surface area contributed by atoms with E-state index in [4.69, 9.17) is 14.2 Å². The molecule has 0 radical (unpaired) electrons. The molecule has 0 aromatic heterocycles. The lowest BCUT2D eigenvalue weighted by Gasteiger charge is -2.20. The van der Waals surface area contributed by atoms with Gasteiger partial charge >= 0.3 is 0 Å². The van der Waals surface area contributed by atoms with Crippen molar-refractivity contribution >= 4 is 29.0 Å². The first-order valence-electron chi connectivity index (χ1n) is 8.88. The minimum Gasteiger partial charge on any atom is -0.486 e. The van der Waals surface area contributed by atoms with Gasteiger partial charge in [0.2, 0.25) is 5.91 Å². The van der Waals surface area contributed by atoms with Gasteiger partial charge in [0.1, 0.15) is 13.2 Å². The highest BCUT2D eigenvalue weighted by atomic mass is 16.6. The average molecular weight is 382 g/mol. The Morgan fingerprint density at radius 3 is 2.68 bits per heavy atom. The van der Waals surface area contributed by atoms with Crippen LogP contribution in [0.1, 0.15) is 23.2 Å². The third kappa shape index (κ3) is 3.75. The molecule has 144 valence electrons. The zero-order chi connectivity index (χ0) is 19.5. The second-order valence-electron chi connectivity index (χ2n) is 6.35. The zero-order valence-electron chi connectivity index (χ0n) is 14.9. The monoisotopic (exact) mass is 382 g/mol. The number of Topliss-reactive ketones (excluding diaryl/α,β-unsaturated/α-hetero) is 1. The lowest BCUT2D eigenvalue weighted by Crippen LogP contribution is -2.26. The Bertz CT molecular complexity index is 956. The van der Waals surface area contributed by atoms with Gasteiger partial charge in [-0.25, -0.2) is 0 Å². The Hall–Kier alpha value is -3.55. The van der Waals surface area contributed by atoms with Crippen LogP contribution in [0.4, 0.5) is 11.4 Å². The topological polar surface area (TPSA) is 103 Å². The van der Waals surface area contributed by atoms with Gasteiger partial charge in [-0.2, -0.15) is 0 Å². The summed E-state index contributed by atoms with van der Waals surface area (Å²) < 4.78 is 16.3. The molecule has 2 N–H and O–H groups in total. The van der Waals surface area contributed by atoms with E-state index in [0.717, 1.165) is 0 Å². The summed E-state index contributed by atoms with van der Waals surface area (Å²) in [6.45, 7) is 0.816. The SMILES string of the molecule is O=C(CCC(=O)c1ccc2c(c1)OCCO2)Nc1cccc2c1OCC(=O)N2. The van der Waals surface area contributed by atoms with E-state index in [1.807, 2.05) is 0 Å². The van der Waals surface area contributed by atoms with Gasteiger partial charge in [-0.05, 0) is 30.3 Å². The molecular weight excluding hydrogens is 364 g/mol. The molecule has 8 heteroatoms. The Kier molecular flexibility index (Phi) is 4.84. The molecule has 2 aliphatic heterocycles. The number of amides is 2. The minimum absolute atomic E-state index is 0.0172. The van der Waals surface area contributed by atoms with E-state index in [-0.39, 0.29) is 37.0 Å². The number of fused-ring (bicyclic) bond motifs is 2. The predicted octanol–water partition coefficient (Wildman–Crippen LogP) is 2.39. The highest BCUT2D eigenvalue weighted by molar-refractivity contribution is 6.02. The van der Waals surface area contributed by atoms with E-state index < -0.39 is 0 Å². The maximum absolute atomic E-state index is 12.4. The first-order chi connectivity index (χ1) is 13.6. The van der Waals surface area contributed by atoms with Gasteiger partial charge < -0.3 is 24.8 Å². The van der Waals surface area contributed by atoms with Gasteiger partial charge in [0, 0.05) is 18.4 Å². The molecule has 28 heavy (non-hydrogen) atoms. The predicted molar refractivity (Wildman–Crippen MR) is 100 cm³/mol. The maximum atomic E-state index is 12.4. The van der Waals surface area contributed by atoms with Crippen molar-refractivity contribution in [1.29, 1.82) is 0 Å². The molecule has 0 spiro atoms. The van der Waals surface area contributed by atoms with Crippen LogP contribution < -0.4 is 24.8 Å². The summed E-state index contributed by atoms with van der Waals surface area (Å²) in [6.07, 6.45) is 0.0708. The molecule has 8 nitrogen and oxygen atoms in total. The smallest absolute Gasteiger partial charge is 0.262 e. The van der Waals surface area contributed by atoms with Crippen LogP contribution in [-0.2, 0) is 9.59 Å². The summed E-state index contributed by atoms with van der Waals surface area (Å²) in [7, 11) is 0. The number of carbonyl (C=O) groups is 3. The van der Waals surface area contributed by atoms with Crippen LogP contribution in [0, 0.1) is 0 Å². The molecule has 0 aliphatic carbocycles. The van der Waals surface area contributed by atoms with Crippen LogP contribution in [0.25, 0.3) is 0 Å². The summed E-state index contributed by atoms with van der Waals surface area (Å²) in [4.78, 5) is 36.1. The van der Waals surface area contributed by atoms with Crippen molar-refractivity contribution in [2.75, 3.05) is 30.5 Å². The van der Waals surface area contributed by atoms with Gasteiger partial charge in [-0.3, -0.25) is 14.4 Å². The van der Waals surface area contributed by atoms with E-state index in [2.05, 4.69) is 10.6 Å². The molecule has 0 unspecified atom stereocenters. The number of rotatable bonds is 5. The minimum atomic E-state index is -0.320. The van der Waals surface area contributed by atoms with Crippen molar-refractivity contribution in [3.63, 3.8) is 0 Å². The Morgan fingerprint density at radius 1 is 1.00 bits per heavy atom. The third-order valence-corrected chi connectivity index (χ3v) is 4.35. The second kappa shape index (κ2) is 7.59. The van der Waals surface area contributed by atoms with Gasteiger partial charge in [-0.15, -0.1) is 0 Å². The van der Waals surface area contributed by atoms with Crippen LogP contribution >= 0.6 is 0 Å². The van der Waals surface area contributed by atoms with Crippen molar-refractivity contribution in [2.24, 2.45) is 0 Å². The fourth-order valence-electron chi connectivity index (χ4n) is 3.01. The first-order valence-corrected chi connectivity index (χ1v) is 8.88. The number of nitrogens with one attached hydrogen (secondary N) is 2. The van der Waals surface area contributed by atoms with Crippen molar-refractivity contribution < 1.29 is 28.6 Å². The van der Waals surface area contributed by atoms with E-state index in [1.165, 1.54) is 0 Å². The lowest BCUT2D eigenvalue weighted by atomic mass is 10.1. The van der Waals surface area contributed by atoms with Crippen molar-refractivity contribution in [3.05, 3.63) is 42.0 Å². The highest BCUT2D eigenvalue weighted by Crippen LogP contribution is 2.35. The lowest BCUT2D eigenvalue weighted by molar-refractivity contribution is -0.118. The number of ketones is 1. The molecule has 0 saturated carbocycles. The Morgan fingerprint density at radius 2 is 1.82 bits per heavy atom. The normalized spacial score (nSPS) is 14.4. The molecule has 2 amide bonds. The molecule has 0 fully saturated rings. The number of para-hydroxylation sites is 1. The molecule has 4 rings (SSSR count). The van der Waals surface area contributed by atoms with E-state index >= 15 is 0 Å². The molecule has 2 heterocycles. The molecule has 0 bridgehead atoms. The van der Waals surface area contributed by atoms with Crippen LogP contribution in [0.15, 0.2) is 36.4 Å². The highest BCUT2D eigenvalue weighted by Gasteiger charge is 2.20. The van der Waals surface area contributed by atoms with E-state index in [1.54, 1.807) is 36.4 Å². The Labute approximate surface area is 160 Å². The molecule has 2 aromatic carbocycles. The summed E-state index contributed by atoms with van der Waals surface area (Å²) in [6, 6.07) is 10.1. The van der Waals surface area contributed by atoms with Gasteiger partial charge in [0.15, 0.2) is 29.6 Å². The van der Waals surface area contributed by atoms with Crippen molar-refractivity contribution in [1.82, 2.24) is 0 Å². The van der Waals surface area contributed by atoms with Gasteiger partial charge in [0.25, 0.3) is 5.91 Å². The molecule has 0 saturated heterocycles. The third-order valence-electron chi connectivity index (χ3n) is 4.35. The number of ether oxygens (including phenoxy) is 3. The van der Waals surface area contributed by atoms with Crippen LogP contribution in [-0.4, -0.2) is 37.4 Å². The second-order valence-corrected chi connectivity index (χ2v) is 6.35. The zero-order valence-corrected chi connectivity index (χ0v) is 14.9. The quantitative estimate of drug-likeness (QED) is 0.770. The van der Waals surface area contributed by atoms with Crippen LogP contribution in [0.3, 0.4) is 0 Å². The number of hydrogen-bond acceptors (Lipinski definition) is 6. The molecule has 2 aliphatic rings. The maximum Gasteiger partial charge on any atom is 0.262 e. The summed E-state index contributed by atoms with van der Waals surface area (Å²) in [5.74, 6) is 0.832. The number of carbonyl (C=O) groups excluding carboxylic acids is 3. The largest absolute Gasteiger partial charge is 0.486 e. The standard InChI is InChI=1S/C20H18N2O6/c23-15(12-4-6-16-17(10-12)27-9-8-26-16)5-7-18(24)21-13-2-1-3-14-20(13)28-11-19(25)22-14/h1-4,6,10H,5,7-9,11H2,(H,21,24)(H,22,25). The molecular formula is C20H18N2O6. The summed E-state index contributed by atoms with van der Waals surface area (Å²) in [5, 5.41) is 5.41. The number of hydrogen-bond donors (Lipinski definition) is 2. The fraction of sp³-hybridized carbons (Fsp3) is 0.250. The fourth-order valence-corrected chi connectivity index (χ4v) is 3.01. The molecule has 0 atom stereocenters. The van der Waals surface area contributed by atoms with Crippen molar-refractivity contribution in [3.8, 4) is 17.2 Å². The van der Waals surface area contributed by atoms with Crippen molar-refractivity contribution in [2.45, 2.75) is 12.8 Å². The van der Waals surface area contributed by atoms with E-state index in [0.29, 0.717) is 47.4 Å². The summed E-state index contributed by atoms with van der Waals surface area (Å²) >= 11 is 0. The Balaban J connectivity index is 1.37. The van der Waals surface area contributed by atoms with Crippen LogP contribution in [0.5, 0.6) is 17.2 Å².